The molecule has 0 bridgehead atoms. The Morgan fingerprint density at radius 2 is 1.83 bits per heavy atom. The highest BCUT2D eigenvalue weighted by molar-refractivity contribution is 7.92. The van der Waals surface area contributed by atoms with Crippen LogP contribution in [0.15, 0.2) is 41.3 Å². The molecular weight excluding hydrogens is 504 g/mol. The van der Waals surface area contributed by atoms with Gasteiger partial charge >= 0.3 is 0 Å². The van der Waals surface area contributed by atoms with E-state index >= 15 is 4.39 Å². The topological polar surface area (TPSA) is 90.0 Å². The molecule has 1 heterocycles. The first kappa shape index (κ1) is 25.5. The van der Waals surface area contributed by atoms with Gasteiger partial charge in [-0.3, -0.25) is 9.59 Å². The van der Waals surface area contributed by atoms with Gasteiger partial charge in [0.2, 0.25) is 5.91 Å². The Labute approximate surface area is 206 Å². The number of benzene rings is 2. The average molecular weight is 528 g/mol. The van der Waals surface area contributed by atoms with Crippen LogP contribution >= 0.6 is 11.6 Å². The zero-order valence-electron chi connectivity index (χ0n) is 19.1. The zero-order chi connectivity index (χ0) is 25.6. The fourth-order valence-corrected chi connectivity index (χ4v) is 7.41. The van der Waals surface area contributed by atoms with E-state index in [1.807, 2.05) is 0 Å². The minimum atomic E-state index is -4.56. The largest absolute Gasteiger partial charge is 0.487 e. The molecule has 11 heteroatoms. The third kappa shape index (κ3) is 3.91. The predicted octanol–water partition coefficient (Wildman–Crippen LogP) is 3.67. The smallest absolute Gasteiger partial charge is 0.248 e. The molecule has 2 aliphatic rings. The number of hydrogen-bond donors (Lipinski definition) is 0. The van der Waals surface area contributed by atoms with Gasteiger partial charge in [0, 0.05) is 31.5 Å². The molecule has 0 radical (unpaired) electrons. The summed E-state index contributed by atoms with van der Waals surface area (Å²) in [6, 6.07) is 6.91. The van der Waals surface area contributed by atoms with E-state index in [0.717, 1.165) is 12.1 Å². The fourth-order valence-electron chi connectivity index (χ4n) is 4.88. The van der Waals surface area contributed by atoms with E-state index in [-0.39, 0.29) is 28.5 Å². The van der Waals surface area contributed by atoms with Crippen LogP contribution in [0, 0.1) is 11.6 Å². The molecular formula is C24H24ClF2NO6S. The van der Waals surface area contributed by atoms with Crippen LogP contribution in [0.4, 0.5) is 8.78 Å². The normalized spacial score (nSPS) is 23.7. The lowest BCUT2D eigenvalue weighted by Gasteiger charge is -2.54. The molecule has 1 unspecified atom stereocenters. The SMILES string of the molecule is CCN(C)C(=O)CO[C@@]12COc3c(F)ccc(F)c3C1(S(=O)(=O)c1ccc(Cl)cc1)CCC(=O)C2. The van der Waals surface area contributed by atoms with Crippen LogP contribution in [0.5, 0.6) is 5.75 Å². The molecule has 188 valence electrons. The molecule has 0 saturated heterocycles. The van der Waals surface area contributed by atoms with Gasteiger partial charge in [-0.1, -0.05) is 11.6 Å². The van der Waals surface area contributed by atoms with Crippen molar-refractivity contribution in [1.82, 2.24) is 4.90 Å². The number of Topliss-reactive ketones (excluding diaryl/α,β-unsaturated/α-hetero) is 1. The molecule has 2 aromatic rings. The summed E-state index contributed by atoms with van der Waals surface area (Å²) >= 11 is 5.95. The lowest BCUT2D eigenvalue weighted by Crippen LogP contribution is -2.67. The number of sulfone groups is 1. The van der Waals surface area contributed by atoms with Crippen LogP contribution in [0.25, 0.3) is 0 Å². The maximum atomic E-state index is 15.5. The molecule has 2 aromatic carbocycles. The lowest BCUT2D eigenvalue weighted by atomic mass is 9.69. The fraction of sp³-hybridized carbons (Fsp3) is 0.417. The molecule has 7 nitrogen and oxygen atoms in total. The van der Waals surface area contributed by atoms with Crippen molar-refractivity contribution in [3.8, 4) is 5.75 Å². The predicted molar refractivity (Wildman–Crippen MR) is 123 cm³/mol. The van der Waals surface area contributed by atoms with Gasteiger partial charge in [0.15, 0.2) is 21.4 Å². The molecule has 1 fully saturated rings. The number of halogens is 3. The summed E-state index contributed by atoms with van der Waals surface area (Å²) in [6.07, 6.45) is -1.06. The first-order chi connectivity index (χ1) is 16.5. The van der Waals surface area contributed by atoms with Crippen molar-refractivity contribution in [3.63, 3.8) is 0 Å². The van der Waals surface area contributed by atoms with Crippen molar-refractivity contribution in [2.45, 2.75) is 41.4 Å². The number of carbonyl (C=O) groups is 2. The second-order valence-corrected chi connectivity index (χ2v) is 11.3. The third-order valence-electron chi connectivity index (χ3n) is 6.84. The number of amides is 1. The lowest BCUT2D eigenvalue weighted by molar-refractivity contribution is -0.165. The zero-order valence-corrected chi connectivity index (χ0v) is 20.7. The van der Waals surface area contributed by atoms with Crippen molar-refractivity contribution in [1.29, 1.82) is 0 Å². The molecule has 1 amide bonds. The second-order valence-electron chi connectivity index (χ2n) is 8.71. The summed E-state index contributed by atoms with van der Waals surface area (Å²) in [6.45, 7) is 0.961. The monoisotopic (exact) mass is 527 g/mol. The van der Waals surface area contributed by atoms with Crippen LogP contribution < -0.4 is 4.74 Å². The number of ether oxygens (including phenoxy) is 2. The number of likely N-dealkylation sites (N-methyl/N-ethyl adjacent to an activating group) is 1. The Kier molecular flexibility index (Phi) is 6.67. The molecule has 2 atom stereocenters. The van der Waals surface area contributed by atoms with Crippen molar-refractivity contribution in [3.05, 3.63) is 58.6 Å². The van der Waals surface area contributed by atoms with E-state index in [1.54, 1.807) is 6.92 Å². The Bertz CT molecular complexity index is 1290. The Hall–Kier alpha value is -2.56. The van der Waals surface area contributed by atoms with E-state index in [1.165, 1.54) is 36.2 Å². The molecule has 35 heavy (non-hydrogen) atoms. The van der Waals surface area contributed by atoms with Gasteiger partial charge in [0.05, 0.1) is 10.5 Å². The van der Waals surface area contributed by atoms with E-state index in [9.17, 15) is 22.4 Å². The standard InChI is InChI=1S/C24H24ClF2NO6S/c1-3-28(2)20(30)13-34-23-12-16(29)10-11-24(23,35(31,32)17-6-4-15(25)5-7-17)21-18(26)8-9-19(27)22(21)33-14-23/h4-9H,3,10-14H2,1-2H3/t23-,24?/m0/s1. The number of hydrogen-bond acceptors (Lipinski definition) is 6. The highest BCUT2D eigenvalue weighted by Crippen LogP contribution is 2.59. The number of ketones is 1. The van der Waals surface area contributed by atoms with E-state index in [4.69, 9.17) is 21.1 Å². The van der Waals surface area contributed by atoms with Crippen LogP contribution in [0.3, 0.4) is 0 Å². The molecule has 0 N–H and O–H groups in total. The van der Waals surface area contributed by atoms with Crippen molar-refractivity contribution in [2.75, 3.05) is 26.8 Å². The quantitative estimate of drug-likeness (QED) is 0.569. The summed E-state index contributed by atoms with van der Waals surface area (Å²) in [5.74, 6) is -3.32. The minimum Gasteiger partial charge on any atom is -0.487 e. The summed E-state index contributed by atoms with van der Waals surface area (Å²) in [5.41, 5.74) is -2.52. The van der Waals surface area contributed by atoms with Crippen LogP contribution in [0.2, 0.25) is 5.02 Å². The minimum absolute atomic E-state index is 0.210. The molecule has 1 aliphatic carbocycles. The number of carbonyl (C=O) groups excluding carboxylic acids is 2. The van der Waals surface area contributed by atoms with Gasteiger partial charge in [-0.05, 0) is 49.7 Å². The molecule has 1 saturated carbocycles. The van der Waals surface area contributed by atoms with Gasteiger partial charge in [-0.15, -0.1) is 0 Å². The van der Waals surface area contributed by atoms with E-state index in [2.05, 4.69) is 0 Å². The van der Waals surface area contributed by atoms with E-state index in [0.29, 0.717) is 6.54 Å². The van der Waals surface area contributed by atoms with Crippen molar-refractivity contribution >= 4 is 33.1 Å². The van der Waals surface area contributed by atoms with Gasteiger partial charge in [-0.2, -0.15) is 0 Å². The number of rotatable bonds is 6. The third-order valence-corrected chi connectivity index (χ3v) is 9.68. The van der Waals surface area contributed by atoms with Gasteiger partial charge < -0.3 is 14.4 Å². The summed E-state index contributed by atoms with van der Waals surface area (Å²) in [4.78, 5) is 26.4. The van der Waals surface area contributed by atoms with Crippen LogP contribution in [-0.4, -0.2) is 57.4 Å². The molecule has 0 aromatic heterocycles. The van der Waals surface area contributed by atoms with Crippen molar-refractivity contribution in [2.24, 2.45) is 0 Å². The maximum Gasteiger partial charge on any atom is 0.248 e. The average Bonchev–Trinajstić information content (AvgIpc) is 2.83. The van der Waals surface area contributed by atoms with Gasteiger partial charge in [0.1, 0.15) is 35.2 Å². The Morgan fingerprint density at radius 3 is 2.49 bits per heavy atom. The van der Waals surface area contributed by atoms with Crippen molar-refractivity contribution < 1.29 is 36.3 Å². The second kappa shape index (κ2) is 9.15. The van der Waals surface area contributed by atoms with Gasteiger partial charge in [0.25, 0.3) is 0 Å². The van der Waals surface area contributed by atoms with Crippen LogP contribution in [-0.2, 0) is 28.9 Å². The van der Waals surface area contributed by atoms with E-state index < -0.39 is 68.7 Å². The Morgan fingerprint density at radius 1 is 1.17 bits per heavy atom. The molecule has 4 rings (SSSR count). The summed E-state index contributed by atoms with van der Waals surface area (Å²) < 4.78 is 68.3. The number of nitrogens with zero attached hydrogens (tertiary/aromatic N) is 1. The first-order valence-corrected chi connectivity index (χ1v) is 12.9. The summed E-state index contributed by atoms with van der Waals surface area (Å²) in [7, 11) is -3.02. The maximum absolute atomic E-state index is 15.5. The van der Waals surface area contributed by atoms with Gasteiger partial charge in [-0.25, -0.2) is 17.2 Å². The Balaban J connectivity index is 2.00. The first-order valence-electron chi connectivity index (χ1n) is 11.0. The number of fused-ring (bicyclic) bond motifs is 3. The molecule has 1 aliphatic heterocycles. The highest BCUT2D eigenvalue weighted by atomic mass is 35.5. The molecule has 0 spiro atoms. The van der Waals surface area contributed by atoms with Crippen LogP contribution in [0.1, 0.15) is 31.7 Å². The summed E-state index contributed by atoms with van der Waals surface area (Å²) in [5, 5.41) is 0.278. The highest BCUT2D eigenvalue weighted by Gasteiger charge is 2.69.